The first-order chi connectivity index (χ1) is 15.0. The molecule has 0 atom stereocenters. The van der Waals surface area contributed by atoms with Gasteiger partial charge in [0.1, 0.15) is 0 Å². The van der Waals surface area contributed by atoms with Crippen molar-refractivity contribution in [2.75, 3.05) is 56.2 Å². The van der Waals surface area contributed by atoms with E-state index in [1.807, 2.05) is 56.6 Å². The Bertz CT molecular complexity index is 867. The molecule has 1 heterocycles. The Morgan fingerprint density at radius 2 is 1.81 bits per heavy atom. The van der Waals surface area contributed by atoms with Crippen LogP contribution in [0.25, 0.3) is 0 Å². The molecule has 2 aromatic rings. The van der Waals surface area contributed by atoms with Crippen LogP contribution in [-0.4, -0.2) is 62.7 Å². The predicted octanol–water partition coefficient (Wildman–Crippen LogP) is 3.70. The van der Waals surface area contributed by atoms with Crippen molar-refractivity contribution in [1.29, 1.82) is 0 Å². The minimum atomic E-state index is -0.0876. The number of hydrogen-bond acceptors (Lipinski definition) is 5. The van der Waals surface area contributed by atoms with Gasteiger partial charge in [-0.1, -0.05) is 18.2 Å². The van der Waals surface area contributed by atoms with Gasteiger partial charge < -0.3 is 20.4 Å². The molecule has 31 heavy (non-hydrogen) atoms. The van der Waals surface area contributed by atoms with Crippen molar-refractivity contribution >= 4 is 35.0 Å². The zero-order valence-electron chi connectivity index (χ0n) is 18.4. The number of amides is 2. The van der Waals surface area contributed by atoms with E-state index in [9.17, 15) is 9.59 Å². The first kappa shape index (κ1) is 23.2. The number of thioether (sulfide) groups is 1. The van der Waals surface area contributed by atoms with Crippen molar-refractivity contribution in [1.82, 2.24) is 10.2 Å². The van der Waals surface area contributed by atoms with Gasteiger partial charge >= 0.3 is 0 Å². The first-order valence-corrected chi connectivity index (χ1v) is 11.8. The van der Waals surface area contributed by atoms with Crippen molar-refractivity contribution in [3.8, 4) is 0 Å². The Labute approximate surface area is 189 Å². The van der Waals surface area contributed by atoms with Crippen LogP contribution in [0.3, 0.4) is 0 Å². The van der Waals surface area contributed by atoms with Gasteiger partial charge in [0.2, 0.25) is 5.91 Å². The lowest BCUT2D eigenvalue weighted by Gasteiger charge is -2.22. The summed E-state index contributed by atoms with van der Waals surface area (Å²) in [6.45, 7) is 3.47. The largest absolute Gasteiger partial charge is 0.371 e. The van der Waals surface area contributed by atoms with E-state index in [4.69, 9.17) is 0 Å². The number of anilines is 2. The summed E-state index contributed by atoms with van der Waals surface area (Å²) in [5.41, 5.74) is 2.22. The highest BCUT2D eigenvalue weighted by molar-refractivity contribution is 8.00. The molecular weight excluding hydrogens is 408 g/mol. The van der Waals surface area contributed by atoms with E-state index in [-0.39, 0.29) is 11.8 Å². The van der Waals surface area contributed by atoms with Gasteiger partial charge in [-0.05, 0) is 70.2 Å². The number of nitrogens with zero attached hydrogens (tertiary/aromatic N) is 2. The summed E-state index contributed by atoms with van der Waals surface area (Å²) in [7, 11) is 4.05. The Hall–Kier alpha value is -2.51. The third-order valence-electron chi connectivity index (χ3n) is 5.15. The van der Waals surface area contributed by atoms with Crippen LogP contribution < -0.4 is 15.5 Å². The third kappa shape index (κ3) is 7.29. The van der Waals surface area contributed by atoms with Crippen LogP contribution in [0.2, 0.25) is 0 Å². The lowest BCUT2D eigenvalue weighted by atomic mass is 10.1. The highest BCUT2D eigenvalue weighted by Crippen LogP contribution is 2.28. The van der Waals surface area contributed by atoms with E-state index in [0.717, 1.165) is 49.5 Å². The predicted molar refractivity (Wildman–Crippen MR) is 129 cm³/mol. The van der Waals surface area contributed by atoms with Crippen molar-refractivity contribution in [2.24, 2.45) is 0 Å². The number of carbonyl (C=O) groups excluding carboxylic acids is 2. The fourth-order valence-electron chi connectivity index (χ4n) is 3.58. The normalized spacial score (nSPS) is 13.5. The molecule has 2 N–H and O–H groups in total. The molecule has 0 bridgehead atoms. The maximum absolute atomic E-state index is 12.9. The fraction of sp³-hybridized carbons (Fsp3) is 0.417. The van der Waals surface area contributed by atoms with Crippen molar-refractivity contribution in [3.05, 3.63) is 54.1 Å². The van der Waals surface area contributed by atoms with Gasteiger partial charge in [0.25, 0.3) is 5.91 Å². The smallest absolute Gasteiger partial charge is 0.253 e. The molecule has 0 aliphatic carbocycles. The molecule has 2 amide bonds. The molecule has 1 aliphatic heterocycles. The van der Waals surface area contributed by atoms with E-state index < -0.39 is 0 Å². The van der Waals surface area contributed by atoms with Gasteiger partial charge in [-0.15, -0.1) is 11.8 Å². The zero-order valence-corrected chi connectivity index (χ0v) is 19.2. The molecule has 1 aliphatic rings. The van der Waals surface area contributed by atoms with Crippen LogP contribution in [0.1, 0.15) is 29.6 Å². The Balaban J connectivity index is 1.65. The monoisotopic (exact) mass is 440 g/mol. The minimum Gasteiger partial charge on any atom is -0.371 e. The van der Waals surface area contributed by atoms with Gasteiger partial charge in [0, 0.05) is 35.9 Å². The summed E-state index contributed by atoms with van der Waals surface area (Å²) < 4.78 is 0. The first-order valence-electron chi connectivity index (χ1n) is 10.8. The Kier molecular flexibility index (Phi) is 8.79. The SMILES string of the molecule is CN(C)CCCNC(=O)c1cc(NC(=O)CSc2ccccc2)ccc1N1CCCC1. The van der Waals surface area contributed by atoms with E-state index in [0.29, 0.717) is 23.5 Å². The van der Waals surface area contributed by atoms with E-state index in [1.54, 1.807) is 6.07 Å². The summed E-state index contributed by atoms with van der Waals surface area (Å²) in [6.07, 6.45) is 3.17. The van der Waals surface area contributed by atoms with Crippen molar-refractivity contribution < 1.29 is 9.59 Å². The summed E-state index contributed by atoms with van der Waals surface area (Å²) >= 11 is 1.49. The highest BCUT2D eigenvalue weighted by atomic mass is 32.2. The second-order valence-corrected chi connectivity index (χ2v) is 9.04. The van der Waals surface area contributed by atoms with Crippen LogP contribution in [-0.2, 0) is 4.79 Å². The topological polar surface area (TPSA) is 64.7 Å². The molecule has 2 aromatic carbocycles. The van der Waals surface area contributed by atoms with Crippen molar-refractivity contribution in [2.45, 2.75) is 24.2 Å². The minimum absolute atomic E-state index is 0.0832. The molecule has 166 valence electrons. The number of rotatable bonds is 10. The van der Waals surface area contributed by atoms with Crippen molar-refractivity contribution in [3.63, 3.8) is 0 Å². The number of benzene rings is 2. The van der Waals surface area contributed by atoms with Gasteiger partial charge in [-0.25, -0.2) is 0 Å². The Morgan fingerprint density at radius 3 is 2.52 bits per heavy atom. The van der Waals surface area contributed by atoms with Crippen LogP contribution in [0.15, 0.2) is 53.4 Å². The molecule has 0 unspecified atom stereocenters. The van der Waals surface area contributed by atoms with Crippen LogP contribution in [0.4, 0.5) is 11.4 Å². The highest BCUT2D eigenvalue weighted by Gasteiger charge is 2.20. The molecule has 0 aromatic heterocycles. The summed E-state index contributed by atoms with van der Waals surface area (Å²) in [5.74, 6) is 0.153. The molecular formula is C24H32N4O2S. The zero-order chi connectivity index (χ0) is 22.1. The van der Waals surface area contributed by atoms with Gasteiger partial charge in [0.05, 0.1) is 11.3 Å². The quantitative estimate of drug-likeness (QED) is 0.436. The lowest BCUT2D eigenvalue weighted by Crippen LogP contribution is -2.29. The number of hydrogen-bond donors (Lipinski definition) is 2. The maximum Gasteiger partial charge on any atom is 0.253 e. The number of nitrogens with one attached hydrogen (secondary N) is 2. The van der Waals surface area contributed by atoms with E-state index in [1.165, 1.54) is 11.8 Å². The van der Waals surface area contributed by atoms with Crippen LogP contribution in [0, 0.1) is 0 Å². The summed E-state index contributed by atoms with van der Waals surface area (Å²) in [5, 5.41) is 5.98. The molecule has 0 spiro atoms. The summed E-state index contributed by atoms with van der Waals surface area (Å²) in [6, 6.07) is 15.5. The third-order valence-corrected chi connectivity index (χ3v) is 6.16. The summed E-state index contributed by atoms with van der Waals surface area (Å²) in [4.78, 5) is 30.8. The molecule has 3 rings (SSSR count). The van der Waals surface area contributed by atoms with Crippen LogP contribution in [0.5, 0.6) is 0 Å². The molecule has 1 saturated heterocycles. The second-order valence-electron chi connectivity index (χ2n) is 7.99. The Morgan fingerprint density at radius 1 is 1.06 bits per heavy atom. The molecule has 6 nitrogen and oxygen atoms in total. The lowest BCUT2D eigenvalue weighted by molar-refractivity contribution is -0.113. The van der Waals surface area contributed by atoms with Gasteiger partial charge in [-0.3, -0.25) is 9.59 Å². The average Bonchev–Trinajstić information content (AvgIpc) is 3.30. The van der Waals surface area contributed by atoms with E-state index in [2.05, 4.69) is 20.4 Å². The maximum atomic E-state index is 12.9. The molecule has 0 saturated carbocycles. The molecule has 0 radical (unpaired) electrons. The molecule has 7 heteroatoms. The average molecular weight is 441 g/mol. The second kappa shape index (κ2) is 11.8. The molecule has 1 fully saturated rings. The van der Waals surface area contributed by atoms with Gasteiger partial charge in [0.15, 0.2) is 0 Å². The number of carbonyl (C=O) groups is 2. The standard InChI is InChI=1S/C24H32N4O2S/c1-27(2)14-8-13-25-24(30)21-17-19(11-12-22(21)28-15-6-7-16-28)26-23(29)18-31-20-9-4-3-5-10-20/h3-5,9-12,17H,6-8,13-16,18H2,1-2H3,(H,25,30)(H,26,29). The fourth-order valence-corrected chi connectivity index (χ4v) is 4.30. The van der Waals surface area contributed by atoms with Gasteiger partial charge in [-0.2, -0.15) is 0 Å². The van der Waals surface area contributed by atoms with E-state index >= 15 is 0 Å². The van der Waals surface area contributed by atoms with Crippen LogP contribution >= 0.6 is 11.8 Å².